The molecule has 0 radical (unpaired) electrons. The lowest BCUT2D eigenvalue weighted by Crippen LogP contribution is -2.43. The van der Waals surface area contributed by atoms with Crippen LogP contribution >= 0.6 is 27.7 Å². The normalized spacial score (nSPS) is 16.6. The van der Waals surface area contributed by atoms with Crippen molar-refractivity contribution in [3.63, 3.8) is 0 Å². The molecule has 29 heavy (non-hydrogen) atoms. The number of amides is 3. The summed E-state index contributed by atoms with van der Waals surface area (Å²) in [6, 6.07) is 6.21. The Bertz CT molecular complexity index is 967. The van der Waals surface area contributed by atoms with E-state index in [4.69, 9.17) is 5.73 Å². The first-order valence-corrected chi connectivity index (χ1v) is 9.93. The van der Waals surface area contributed by atoms with Gasteiger partial charge in [0.25, 0.3) is 5.91 Å². The summed E-state index contributed by atoms with van der Waals surface area (Å²) in [5, 5.41) is 0. The second kappa shape index (κ2) is 7.52. The molecule has 154 valence electrons. The third-order valence-electron chi connectivity index (χ3n) is 4.48. The van der Waals surface area contributed by atoms with Crippen LogP contribution in [-0.2, 0) is 11.3 Å². The topological polar surface area (TPSA) is 79.5 Å². The van der Waals surface area contributed by atoms with Gasteiger partial charge in [0.15, 0.2) is 0 Å². The highest BCUT2D eigenvalue weighted by molar-refractivity contribution is 9.10. The molecular weight excluding hydrogens is 473 g/mol. The fourth-order valence-corrected chi connectivity index (χ4v) is 3.82. The van der Waals surface area contributed by atoms with Gasteiger partial charge < -0.3 is 10.6 Å². The number of nitrogen functional groups attached to an aromatic ring is 1. The van der Waals surface area contributed by atoms with Gasteiger partial charge in [-0.2, -0.15) is 13.2 Å². The zero-order chi connectivity index (χ0) is 21.6. The Labute approximate surface area is 177 Å². The molecule has 2 N–H and O–H groups in total. The Balaban J connectivity index is 1.89. The Morgan fingerprint density at radius 3 is 2.38 bits per heavy atom. The predicted octanol–water partition coefficient (Wildman–Crippen LogP) is 4.79. The molecule has 11 heteroatoms. The summed E-state index contributed by atoms with van der Waals surface area (Å²) < 4.78 is 38.1. The molecule has 1 fully saturated rings. The molecule has 1 aliphatic heterocycles. The summed E-state index contributed by atoms with van der Waals surface area (Å²) in [6.45, 7) is 3.32. The number of alkyl halides is 3. The third-order valence-corrected chi connectivity index (χ3v) is 6.13. The highest BCUT2D eigenvalue weighted by atomic mass is 79.9. The standard InChI is InChI=1S/C18H16BrF3N4O2S/c1-17(2)15(27)26(11-3-5-12(6-4-11)29-18(20,21)22)16(28)25(17)9-10-7-8-24-14(23)13(10)19/h3-8H,9H2,1-2H3,(H2,23,24). The van der Waals surface area contributed by atoms with Crippen LogP contribution in [-0.4, -0.2) is 32.9 Å². The SMILES string of the molecule is CC1(C)C(=O)N(c2ccc(SC(F)(F)F)cc2)C(=O)N1Cc1ccnc(N)c1Br. The first-order valence-electron chi connectivity index (χ1n) is 8.32. The van der Waals surface area contributed by atoms with E-state index in [-0.39, 0.29) is 34.7 Å². The van der Waals surface area contributed by atoms with Crippen LogP contribution < -0.4 is 10.6 Å². The Kier molecular flexibility index (Phi) is 5.56. The monoisotopic (exact) mass is 488 g/mol. The minimum atomic E-state index is -4.42. The molecule has 0 bridgehead atoms. The van der Waals surface area contributed by atoms with Gasteiger partial charge in [0.1, 0.15) is 11.4 Å². The summed E-state index contributed by atoms with van der Waals surface area (Å²) in [4.78, 5) is 32.2. The number of nitrogens with zero attached hydrogens (tertiary/aromatic N) is 3. The van der Waals surface area contributed by atoms with E-state index in [0.717, 1.165) is 4.90 Å². The number of urea groups is 1. The maximum absolute atomic E-state index is 13.0. The van der Waals surface area contributed by atoms with E-state index in [1.165, 1.54) is 35.4 Å². The van der Waals surface area contributed by atoms with Crippen LogP contribution in [0.2, 0.25) is 0 Å². The van der Waals surface area contributed by atoms with Crippen molar-refractivity contribution in [2.45, 2.75) is 36.3 Å². The van der Waals surface area contributed by atoms with Gasteiger partial charge in [-0.1, -0.05) is 0 Å². The summed E-state index contributed by atoms with van der Waals surface area (Å²) >= 11 is 3.07. The van der Waals surface area contributed by atoms with E-state index in [1.54, 1.807) is 19.9 Å². The van der Waals surface area contributed by atoms with E-state index >= 15 is 0 Å². The van der Waals surface area contributed by atoms with Crippen molar-refractivity contribution in [3.05, 3.63) is 46.6 Å². The molecule has 1 aromatic carbocycles. The quantitative estimate of drug-likeness (QED) is 0.494. The fraction of sp³-hybridized carbons (Fsp3) is 0.278. The van der Waals surface area contributed by atoms with Crippen LogP contribution in [0.25, 0.3) is 0 Å². The van der Waals surface area contributed by atoms with Crippen molar-refractivity contribution in [3.8, 4) is 0 Å². The number of hydrogen-bond acceptors (Lipinski definition) is 5. The molecule has 2 aromatic rings. The average Bonchev–Trinajstić information content (AvgIpc) is 2.78. The maximum Gasteiger partial charge on any atom is 0.446 e. The number of imide groups is 1. The molecule has 1 saturated heterocycles. The van der Waals surface area contributed by atoms with Crippen molar-refractivity contribution < 1.29 is 22.8 Å². The van der Waals surface area contributed by atoms with Crippen molar-refractivity contribution >= 4 is 51.1 Å². The molecule has 1 aliphatic rings. The number of halogens is 4. The molecule has 0 spiro atoms. The zero-order valence-electron chi connectivity index (χ0n) is 15.3. The average molecular weight is 489 g/mol. The van der Waals surface area contributed by atoms with Gasteiger partial charge in [-0.15, -0.1) is 0 Å². The van der Waals surface area contributed by atoms with Crippen molar-refractivity contribution in [1.29, 1.82) is 0 Å². The van der Waals surface area contributed by atoms with Crippen LogP contribution in [0.5, 0.6) is 0 Å². The summed E-state index contributed by atoms with van der Waals surface area (Å²) in [6.07, 6.45) is 1.50. The molecule has 3 amide bonds. The molecule has 0 saturated carbocycles. The van der Waals surface area contributed by atoms with Crippen LogP contribution in [0.4, 0.5) is 29.5 Å². The second-order valence-corrected chi connectivity index (χ2v) is 8.71. The summed E-state index contributed by atoms with van der Waals surface area (Å²) in [5.41, 5.74) is 1.08. The number of benzene rings is 1. The highest BCUT2D eigenvalue weighted by Crippen LogP contribution is 2.39. The number of thioether (sulfide) groups is 1. The maximum atomic E-state index is 13.0. The van der Waals surface area contributed by atoms with Gasteiger partial charge in [0.05, 0.1) is 10.2 Å². The summed E-state index contributed by atoms with van der Waals surface area (Å²) in [7, 11) is 0. The van der Waals surface area contributed by atoms with Gasteiger partial charge >= 0.3 is 11.5 Å². The predicted molar refractivity (Wildman–Crippen MR) is 107 cm³/mol. The van der Waals surface area contributed by atoms with Gasteiger partial charge in [0, 0.05) is 17.6 Å². The van der Waals surface area contributed by atoms with E-state index in [2.05, 4.69) is 20.9 Å². The summed E-state index contributed by atoms with van der Waals surface area (Å²) in [5.74, 6) is -0.218. The van der Waals surface area contributed by atoms with E-state index in [1.807, 2.05) is 0 Å². The first kappa shape index (κ1) is 21.4. The van der Waals surface area contributed by atoms with E-state index in [0.29, 0.717) is 10.0 Å². The Hall–Kier alpha value is -2.27. The van der Waals surface area contributed by atoms with Crippen LogP contribution in [0.15, 0.2) is 45.9 Å². The number of hydrogen-bond donors (Lipinski definition) is 1. The highest BCUT2D eigenvalue weighted by Gasteiger charge is 2.51. The largest absolute Gasteiger partial charge is 0.446 e. The Morgan fingerprint density at radius 2 is 1.79 bits per heavy atom. The number of anilines is 2. The van der Waals surface area contributed by atoms with Crippen LogP contribution in [0, 0.1) is 0 Å². The van der Waals surface area contributed by atoms with Crippen LogP contribution in [0.3, 0.4) is 0 Å². The zero-order valence-corrected chi connectivity index (χ0v) is 17.7. The second-order valence-electron chi connectivity index (χ2n) is 6.78. The molecule has 3 rings (SSSR count). The molecule has 0 unspecified atom stereocenters. The fourth-order valence-electron chi connectivity index (χ4n) is 2.92. The molecule has 1 aromatic heterocycles. The molecule has 0 aliphatic carbocycles. The third kappa shape index (κ3) is 4.20. The van der Waals surface area contributed by atoms with Gasteiger partial charge in [-0.3, -0.25) is 4.79 Å². The molecule has 0 atom stereocenters. The molecule has 6 nitrogen and oxygen atoms in total. The number of nitrogens with two attached hydrogens (primary N) is 1. The lowest BCUT2D eigenvalue weighted by Gasteiger charge is -2.28. The smallest absolute Gasteiger partial charge is 0.383 e. The van der Waals surface area contributed by atoms with Crippen molar-refractivity contribution in [2.75, 3.05) is 10.6 Å². The van der Waals surface area contributed by atoms with Gasteiger partial charge in [0.2, 0.25) is 0 Å². The number of aromatic nitrogens is 1. The van der Waals surface area contributed by atoms with E-state index < -0.39 is 23.0 Å². The lowest BCUT2D eigenvalue weighted by atomic mass is 10.0. The first-order chi connectivity index (χ1) is 13.4. The molecular formula is C18H16BrF3N4O2S. The van der Waals surface area contributed by atoms with Gasteiger partial charge in [-0.05, 0) is 77.4 Å². The Morgan fingerprint density at radius 1 is 1.17 bits per heavy atom. The van der Waals surface area contributed by atoms with Crippen molar-refractivity contribution in [2.24, 2.45) is 0 Å². The van der Waals surface area contributed by atoms with Crippen molar-refractivity contribution in [1.82, 2.24) is 9.88 Å². The van der Waals surface area contributed by atoms with E-state index in [9.17, 15) is 22.8 Å². The van der Waals surface area contributed by atoms with Gasteiger partial charge in [-0.25, -0.2) is 14.7 Å². The number of carbonyl (C=O) groups excluding carboxylic acids is 2. The molecule has 2 heterocycles. The minimum absolute atomic E-state index is 0.0346. The van der Waals surface area contributed by atoms with Crippen LogP contribution in [0.1, 0.15) is 19.4 Å². The number of carbonyl (C=O) groups is 2. The number of rotatable bonds is 4. The minimum Gasteiger partial charge on any atom is -0.383 e. The lowest BCUT2D eigenvalue weighted by molar-refractivity contribution is -0.123. The number of pyridine rings is 1.